The van der Waals surface area contributed by atoms with Gasteiger partial charge < -0.3 is 4.74 Å². The Hall–Kier alpha value is 0.660. The molecule has 1 fully saturated rings. The third kappa shape index (κ3) is 2.84. The van der Waals surface area contributed by atoms with E-state index in [1.807, 2.05) is 21.6 Å². The largest absolute Gasteiger partial charge is 0.381 e. The van der Waals surface area contributed by atoms with Gasteiger partial charge in [0.25, 0.3) is 0 Å². The lowest BCUT2D eigenvalue weighted by atomic mass is 10.5. The second kappa shape index (κ2) is 4.53. The maximum atomic E-state index is 5.24. The Bertz CT molecular complexity index is 34.4. The van der Waals surface area contributed by atoms with Crippen molar-refractivity contribution in [3.05, 3.63) is 0 Å². The van der Waals surface area contributed by atoms with E-state index in [1.165, 1.54) is 12.2 Å². The monoisotopic (exact) mass is 150 g/mol. The molecule has 0 unspecified atom stereocenters. The van der Waals surface area contributed by atoms with Crippen LogP contribution >= 0.6 is 21.6 Å². The van der Waals surface area contributed by atoms with Crippen LogP contribution in [-0.2, 0) is 4.74 Å². The summed E-state index contributed by atoms with van der Waals surface area (Å²) >= 11 is 0. The fourth-order valence-electron chi connectivity index (χ4n) is 0.533. The quantitative estimate of drug-likeness (QED) is 0.487. The van der Waals surface area contributed by atoms with Gasteiger partial charge in [0.15, 0.2) is 0 Å². The van der Waals surface area contributed by atoms with Crippen molar-refractivity contribution in [2.75, 3.05) is 24.7 Å². The van der Waals surface area contributed by atoms with Gasteiger partial charge in [-0.15, -0.1) is 0 Å². The molecule has 1 aliphatic rings. The molecule has 48 valence electrons. The molecule has 0 saturated carbocycles. The van der Waals surface area contributed by atoms with Crippen molar-refractivity contribution in [1.29, 1.82) is 0 Å². The minimum Gasteiger partial charge on any atom is -0.381 e. The fourth-order valence-corrected chi connectivity index (χ4v) is 2.45. The lowest BCUT2D eigenvalue weighted by Gasteiger charge is -2.06. The highest BCUT2D eigenvalue weighted by atomic mass is 33.1. The summed E-state index contributed by atoms with van der Waals surface area (Å²) in [6.07, 6.45) is 1.22. The van der Waals surface area contributed by atoms with Crippen molar-refractivity contribution >= 4 is 21.6 Å². The summed E-state index contributed by atoms with van der Waals surface area (Å²) in [6.45, 7) is 1.91. The summed E-state index contributed by atoms with van der Waals surface area (Å²) in [6, 6.07) is 0. The molecule has 8 heavy (non-hydrogen) atoms. The standard InChI is InChI=1S/C5H10OS2/c1-2-6-3-5-8-7-4-1/h1-5H2. The molecule has 1 saturated heterocycles. The molecule has 0 amide bonds. The van der Waals surface area contributed by atoms with Gasteiger partial charge in [0.2, 0.25) is 0 Å². The van der Waals surface area contributed by atoms with E-state index in [4.69, 9.17) is 4.74 Å². The van der Waals surface area contributed by atoms with Crippen LogP contribution in [0.3, 0.4) is 0 Å². The molecule has 0 spiro atoms. The van der Waals surface area contributed by atoms with Crippen molar-refractivity contribution in [2.24, 2.45) is 0 Å². The van der Waals surface area contributed by atoms with Gasteiger partial charge in [-0.25, -0.2) is 0 Å². The van der Waals surface area contributed by atoms with Gasteiger partial charge >= 0.3 is 0 Å². The van der Waals surface area contributed by atoms with Crippen LogP contribution < -0.4 is 0 Å². The summed E-state index contributed by atoms with van der Waals surface area (Å²) < 4.78 is 5.24. The first-order chi connectivity index (χ1) is 4.00. The first-order valence-corrected chi connectivity index (χ1v) is 5.31. The molecular formula is C5H10OS2. The van der Waals surface area contributed by atoms with Gasteiger partial charge in [0, 0.05) is 18.1 Å². The lowest BCUT2D eigenvalue weighted by Crippen LogP contribution is -2.01. The Balaban J connectivity index is 2.00. The van der Waals surface area contributed by atoms with Crippen LogP contribution in [0.5, 0.6) is 0 Å². The van der Waals surface area contributed by atoms with Crippen LogP contribution in [0.4, 0.5) is 0 Å². The smallest absolute Gasteiger partial charge is 0.0565 e. The van der Waals surface area contributed by atoms with Crippen LogP contribution in [0.15, 0.2) is 0 Å². The van der Waals surface area contributed by atoms with Gasteiger partial charge in [-0.2, -0.15) is 0 Å². The molecule has 0 radical (unpaired) electrons. The van der Waals surface area contributed by atoms with E-state index in [-0.39, 0.29) is 0 Å². The Kier molecular flexibility index (Phi) is 3.84. The number of rotatable bonds is 0. The fraction of sp³-hybridized carbons (Fsp3) is 1.00. The van der Waals surface area contributed by atoms with Crippen LogP contribution in [0.1, 0.15) is 6.42 Å². The molecule has 3 heteroatoms. The van der Waals surface area contributed by atoms with Gasteiger partial charge in [-0.3, -0.25) is 0 Å². The van der Waals surface area contributed by atoms with E-state index in [1.54, 1.807) is 0 Å². The van der Waals surface area contributed by atoms with Crippen molar-refractivity contribution in [3.8, 4) is 0 Å². The van der Waals surface area contributed by atoms with Gasteiger partial charge in [-0.1, -0.05) is 21.6 Å². The Labute approximate surface area is 58.0 Å². The molecule has 1 heterocycles. The zero-order chi connectivity index (χ0) is 5.66. The highest BCUT2D eigenvalue weighted by molar-refractivity contribution is 8.76. The van der Waals surface area contributed by atoms with Gasteiger partial charge in [0.05, 0.1) is 6.61 Å². The molecule has 0 atom stereocenters. The highest BCUT2D eigenvalue weighted by Gasteiger charge is 1.96. The van der Waals surface area contributed by atoms with E-state index in [9.17, 15) is 0 Å². The molecule has 1 aliphatic heterocycles. The third-order valence-corrected chi connectivity index (χ3v) is 3.37. The number of hydrogen-bond acceptors (Lipinski definition) is 3. The topological polar surface area (TPSA) is 9.23 Å². The average molecular weight is 150 g/mol. The Morgan fingerprint density at radius 2 is 1.88 bits per heavy atom. The van der Waals surface area contributed by atoms with E-state index >= 15 is 0 Å². The maximum absolute atomic E-state index is 5.24. The van der Waals surface area contributed by atoms with Crippen molar-refractivity contribution in [1.82, 2.24) is 0 Å². The van der Waals surface area contributed by atoms with Crippen molar-refractivity contribution < 1.29 is 4.74 Å². The third-order valence-electron chi connectivity index (χ3n) is 0.911. The van der Waals surface area contributed by atoms with Gasteiger partial charge in [-0.05, 0) is 6.42 Å². The first kappa shape index (κ1) is 6.78. The van der Waals surface area contributed by atoms with Crippen LogP contribution in [-0.4, -0.2) is 24.7 Å². The van der Waals surface area contributed by atoms with Gasteiger partial charge in [0.1, 0.15) is 0 Å². The predicted molar refractivity (Wildman–Crippen MR) is 40.4 cm³/mol. The second-order valence-corrected chi connectivity index (χ2v) is 4.31. The molecule has 0 aromatic carbocycles. The molecule has 0 N–H and O–H groups in total. The van der Waals surface area contributed by atoms with E-state index < -0.39 is 0 Å². The summed E-state index contributed by atoms with van der Waals surface area (Å²) in [5, 5.41) is 0. The average Bonchev–Trinajstić information content (AvgIpc) is 1.62. The molecule has 0 aromatic rings. The zero-order valence-corrected chi connectivity index (χ0v) is 6.39. The Morgan fingerprint density at radius 3 is 2.88 bits per heavy atom. The summed E-state index contributed by atoms with van der Waals surface area (Å²) in [7, 11) is 3.89. The second-order valence-electron chi connectivity index (χ2n) is 1.61. The molecule has 0 bridgehead atoms. The number of ether oxygens (including phenoxy) is 1. The van der Waals surface area contributed by atoms with E-state index in [0.717, 1.165) is 19.0 Å². The molecule has 0 aliphatic carbocycles. The molecule has 0 aromatic heterocycles. The van der Waals surface area contributed by atoms with E-state index in [2.05, 4.69) is 0 Å². The van der Waals surface area contributed by atoms with Crippen LogP contribution in [0.25, 0.3) is 0 Å². The maximum Gasteiger partial charge on any atom is 0.0565 e. The van der Waals surface area contributed by atoms with Crippen molar-refractivity contribution in [2.45, 2.75) is 6.42 Å². The van der Waals surface area contributed by atoms with E-state index in [0.29, 0.717) is 0 Å². The minimum absolute atomic E-state index is 0.942. The van der Waals surface area contributed by atoms with Crippen molar-refractivity contribution in [3.63, 3.8) is 0 Å². The summed E-state index contributed by atoms with van der Waals surface area (Å²) in [5.41, 5.74) is 0. The van der Waals surface area contributed by atoms with Crippen LogP contribution in [0.2, 0.25) is 0 Å². The highest BCUT2D eigenvalue weighted by Crippen LogP contribution is 2.22. The van der Waals surface area contributed by atoms with Crippen LogP contribution in [0, 0.1) is 0 Å². The lowest BCUT2D eigenvalue weighted by molar-refractivity contribution is 0.151. The Morgan fingerprint density at radius 1 is 1.00 bits per heavy atom. The molecular weight excluding hydrogens is 140 g/mol. The normalized spacial score (nSPS) is 24.0. The number of hydrogen-bond donors (Lipinski definition) is 0. The summed E-state index contributed by atoms with van der Waals surface area (Å²) in [4.78, 5) is 0. The first-order valence-electron chi connectivity index (χ1n) is 2.82. The minimum atomic E-state index is 0.942. The molecule has 1 rings (SSSR count). The predicted octanol–water partition coefficient (Wildman–Crippen LogP) is 1.79. The summed E-state index contributed by atoms with van der Waals surface area (Å²) in [5.74, 6) is 2.41. The SMILES string of the molecule is C1COCCSSC1. The zero-order valence-electron chi connectivity index (χ0n) is 4.76. The molecule has 1 nitrogen and oxygen atoms in total.